The Hall–Kier alpha value is -0.880. The molecule has 0 aliphatic carbocycles. The highest BCUT2D eigenvalue weighted by Gasteiger charge is 2.12. The Morgan fingerprint density at radius 2 is 2.33 bits per heavy atom. The maximum Gasteiger partial charge on any atom is 0.264 e. The van der Waals surface area contributed by atoms with Gasteiger partial charge < -0.3 is 15.6 Å². The first-order valence-electron chi connectivity index (χ1n) is 3.25. The summed E-state index contributed by atoms with van der Waals surface area (Å²) in [5.74, 6) is 0.230. The van der Waals surface area contributed by atoms with E-state index in [0.717, 1.165) is 0 Å². The largest absolute Gasteiger partial charge is 0.384 e. The van der Waals surface area contributed by atoms with Gasteiger partial charge in [0.1, 0.15) is 10.7 Å². The van der Waals surface area contributed by atoms with Crippen molar-refractivity contribution in [3.8, 4) is 0 Å². The Labute approximate surface area is 79.0 Å². The number of carbonyl (C=O) groups is 1. The molecule has 0 aliphatic heterocycles. The minimum atomic E-state index is -0.191. The molecule has 0 radical (unpaired) electrons. The van der Waals surface area contributed by atoms with Gasteiger partial charge in [-0.3, -0.25) is 4.79 Å². The molecule has 66 valence electrons. The number of carbonyl (C=O) groups excluding carboxylic acids is 1. The van der Waals surface area contributed by atoms with Crippen LogP contribution in [0.25, 0.3) is 0 Å². The van der Waals surface area contributed by atoms with E-state index in [1.165, 1.54) is 11.3 Å². The van der Waals surface area contributed by atoms with E-state index in [1.54, 1.807) is 18.7 Å². The fourth-order valence-electron chi connectivity index (χ4n) is 0.735. The van der Waals surface area contributed by atoms with E-state index in [-0.39, 0.29) is 5.91 Å². The highest BCUT2D eigenvalue weighted by atomic mass is 32.1. The molecule has 1 rings (SSSR count). The lowest BCUT2D eigenvalue weighted by atomic mass is 10.4. The number of nitrogens with zero attached hydrogens (tertiary/aromatic N) is 1. The smallest absolute Gasteiger partial charge is 0.264 e. The van der Waals surface area contributed by atoms with Crippen LogP contribution in [0.1, 0.15) is 9.67 Å². The van der Waals surface area contributed by atoms with Crippen molar-refractivity contribution in [3.63, 3.8) is 0 Å². The summed E-state index contributed by atoms with van der Waals surface area (Å²) in [7, 11) is 3.30. The van der Waals surface area contributed by atoms with E-state index in [4.69, 9.17) is 18.0 Å². The molecule has 1 aromatic heterocycles. The molecule has 0 saturated carbocycles. The Morgan fingerprint density at radius 3 is 2.67 bits per heavy atom. The maximum absolute atomic E-state index is 11.2. The lowest BCUT2D eigenvalue weighted by Gasteiger charge is -1.97. The highest BCUT2D eigenvalue weighted by molar-refractivity contribution is 7.73. The van der Waals surface area contributed by atoms with Crippen LogP contribution in [0, 0.1) is 3.95 Å². The quantitative estimate of drug-likeness (QED) is 0.662. The number of hydrogen-bond acceptors (Lipinski definition) is 4. The second kappa shape index (κ2) is 3.24. The Morgan fingerprint density at radius 1 is 1.75 bits per heavy atom. The van der Waals surface area contributed by atoms with Crippen molar-refractivity contribution in [1.29, 1.82) is 0 Å². The zero-order chi connectivity index (χ0) is 9.30. The summed E-state index contributed by atoms with van der Waals surface area (Å²) in [5.41, 5.74) is 5.63. The van der Waals surface area contributed by atoms with Crippen LogP contribution in [0.15, 0.2) is 0 Å². The van der Waals surface area contributed by atoms with Crippen LogP contribution in [0.2, 0.25) is 0 Å². The molecule has 0 aliphatic rings. The predicted molar refractivity (Wildman–Crippen MR) is 51.9 cm³/mol. The molecule has 0 aromatic carbocycles. The number of thiazole rings is 1. The molecule has 0 saturated heterocycles. The molecule has 0 atom stereocenters. The summed E-state index contributed by atoms with van der Waals surface area (Å²) < 4.78 is 2.22. The minimum absolute atomic E-state index is 0.191. The monoisotopic (exact) mass is 203 g/mol. The van der Waals surface area contributed by atoms with Crippen LogP contribution < -0.4 is 11.1 Å². The lowest BCUT2D eigenvalue weighted by molar-refractivity contribution is 0.0967. The second-order valence-electron chi connectivity index (χ2n) is 2.22. The van der Waals surface area contributed by atoms with Gasteiger partial charge in [0.25, 0.3) is 5.91 Å². The zero-order valence-corrected chi connectivity index (χ0v) is 8.38. The first-order chi connectivity index (χ1) is 5.57. The van der Waals surface area contributed by atoms with Gasteiger partial charge in [0.05, 0.1) is 0 Å². The molecule has 0 unspecified atom stereocenters. The van der Waals surface area contributed by atoms with Gasteiger partial charge in [-0.15, -0.1) is 0 Å². The summed E-state index contributed by atoms with van der Waals surface area (Å²) in [6.45, 7) is 0. The number of aromatic nitrogens is 1. The number of anilines is 1. The number of rotatable bonds is 1. The zero-order valence-electron chi connectivity index (χ0n) is 6.75. The number of nitrogens with two attached hydrogens (primary N) is 1. The molecule has 6 heteroatoms. The summed E-state index contributed by atoms with van der Waals surface area (Å²) in [5, 5.41) is 2.49. The second-order valence-corrected chi connectivity index (χ2v) is 3.86. The molecular formula is C6H9N3OS2. The third-order valence-corrected chi connectivity index (χ3v) is 3.06. The number of amides is 1. The van der Waals surface area contributed by atoms with Crippen molar-refractivity contribution < 1.29 is 4.79 Å². The van der Waals surface area contributed by atoms with E-state index >= 15 is 0 Å². The van der Waals surface area contributed by atoms with Gasteiger partial charge in [-0.2, -0.15) is 0 Å². The first kappa shape index (κ1) is 9.21. The standard InChI is InChI=1S/C6H9N3OS2/c1-8-5(10)3-4(7)9(2)6(11)12-3/h7H2,1-2H3,(H,8,10). The predicted octanol–water partition coefficient (Wildman–Crippen LogP) is 0.758. The van der Waals surface area contributed by atoms with Crippen molar-refractivity contribution in [3.05, 3.63) is 8.83 Å². The molecule has 0 spiro atoms. The van der Waals surface area contributed by atoms with Gasteiger partial charge in [-0.05, 0) is 12.2 Å². The van der Waals surface area contributed by atoms with Crippen LogP contribution >= 0.6 is 23.6 Å². The lowest BCUT2D eigenvalue weighted by Crippen LogP contribution is -2.18. The SMILES string of the molecule is CNC(=O)c1sc(=S)n(C)c1N. The first-order valence-corrected chi connectivity index (χ1v) is 4.47. The van der Waals surface area contributed by atoms with Gasteiger partial charge in [0.2, 0.25) is 0 Å². The van der Waals surface area contributed by atoms with Crippen LogP contribution in [0.4, 0.5) is 5.82 Å². The summed E-state index contributed by atoms with van der Waals surface area (Å²) in [6.07, 6.45) is 0. The normalized spacial score (nSPS) is 9.83. The van der Waals surface area contributed by atoms with Crippen LogP contribution in [-0.2, 0) is 7.05 Å². The molecule has 1 aromatic rings. The maximum atomic E-state index is 11.2. The van der Waals surface area contributed by atoms with E-state index in [1.807, 2.05) is 0 Å². The van der Waals surface area contributed by atoms with E-state index in [0.29, 0.717) is 14.6 Å². The molecule has 0 fully saturated rings. The van der Waals surface area contributed by atoms with Crippen LogP contribution in [-0.4, -0.2) is 17.5 Å². The van der Waals surface area contributed by atoms with E-state index < -0.39 is 0 Å². The van der Waals surface area contributed by atoms with Crippen molar-refractivity contribution in [2.24, 2.45) is 7.05 Å². The Bertz CT molecular complexity index is 365. The summed E-state index contributed by atoms with van der Waals surface area (Å²) in [6, 6.07) is 0. The Balaban J connectivity index is 3.27. The molecule has 3 N–H and O–H groups in total. The molecule has 1 heterocycles. The van der Waals surface area contributed by atoms with Gasteiger partial charge in [0.15, 0.2) is 3.95 Å². The van der Waals surface area contributed by atoms with Gasteiger partial charge >= 0.3 is 0 Å². The molecule has 1 amide bonds. The van der Waals surface area contributed by atoms with Crippen molar-refractivity contribution in [2.45, 2.75) is 0 Å². The van der Waals surface area contributed by atoms with E-state index in [9.17, 15) is 4.79 Å². The topological polar surface area (TPSA) is 60.0 Å². The van der Waals surface area contributed by atoms with Gasteiger partial charge in [0, 0.05) is 14.1 Å². The van der Waals surface area contributed by atoms with Crippen molar-refractivity contribution >= 4 is 35.3 Å². The number of nitrogens with one attached hydrogen (secondary N) is 1. The molecule has 4 nitrogen and oxygen atoms in total. The van der Waals surface area contributed by atoms with E-state index in [2.05, 4.69) is 5.32 Å². The van der Waals surface area contributed by atoms with Crippen molar-refractivity contribution in [2.75, 3.05) is 12.8 Å². The molecule has 0 bridgehead atoms. The number of hydrogen-bond donors (Lipinski definition) is 2. The Kier molecular flexibility index (Phi) is 2.49. The number of nitrogen functional groups attached to an aromatic ring is 1. The average molecular weight is 203 g/mol. The minimum Gasteiger partial charge on any atom is -0.384 e. The molecule has 12 heavy (non-hydrogen) atoms. The third kappa shape index (κ3) is 1.35. The van der Waals surface area contributed by atoms with Crippen LogP contribution in [0.5, 0.6) is 0 Å². The highest BCUT2D eigenvalue weighted by Crippen LogP contribution is 2.19. The summed E-state index contributed by atoms with van der Waals surface area (Å²) >= 11 is 6.16. The fourth-order valence-corrected chi connectivity index (χ4v) is 1.93. The third-order valence-electron chi connectivity index (χ3n) is 1.49. The summed E-state index contributed by atoms with van der Waals surface area (Å²) in [4.78, 5) is 11.6. The fraction of sp³-hybridized carbons (Fsp3) is 0.333. The van der Waals surface area contributed by atoms with Crippen molar-refractivity contribution in [1.82, 2.24) is 9.88 Å². The van der Waals surface area contributed by atoms with Gasteiger partial charge in [-0.25, -0.2) is 0 Å². The molecular weight excluding hydrogens is 194 g/mol. The van der Waals surface area contributed by atoms with Gasteiger partial charge in [-0.1, -0.05) is 11.3 Å². The average Bonchev–Trinajstić information content (AvgIpc) is 2.32. The van der Waals surface area contributed by atoms with Crippen LogP contribution in [0.3, 0.4) is 0 Å².